The SMILES string of the molecule is CCC(CCc1cc(OC)c(OC)c(OC)c1)=C(CCCc1ccccc1)C(=O)O. The summed E-state index contributed by atoms with van der Waals surface area (Å²) in [5.74, 6) is 0.956. The van der Waals surface area contributed by atoms with E-state index >= 15 is 0 Å². The van der Waals surface area contributed by atoms with Gasteiger partial charge in [0.2, 0.25) is 5.75 Å². The number of benzene rings is 2. The summed E-state index contributed by atoms with van der Waals surface area (Å²) in [6.07, 6.45) is 4.37. The lowest BCUT2D eigenvalue weighted by Gasteiger charge is -2.15. The molecule has 5 heteroatoms. The molecule has 0 aromatic heterocycles. The Labute approximate surface area is 179 Å². The number of hydrogen-bond donors (Lipinski definition) is 1. The molecule has 1 N–H and O–H groups in total. The number of carbonyl (C=O) groups is 1. The van der Waals surface area contributed by atoms with Gasteiger partial charge < -0.3 is 19.3 Å². The van der Waals surface area contributed by atoms with Crippen molar-refractivity contribution in [3.63, 3.8) is 0 Å². The predicted molar refractivity (Wildman–Crippen MR) is 119 cm³/mol. The van der Waals surface area contributed by atoms with Crippen LogP contribution in [-0.4, -0.2) is 32.4 Å². The van der Waals surface area contributed by atoms with Gasteiger partial charge in [0, 0.05) is 5.57 Å². The van der Waals surface area contributed by atoms with Crippen molar-refractivity contribution in [2.75, 3.05) is 21.3 Å². The molecule has 0 spiro atoms. The largest absolute Gasteiger partial charge is 0.493 e. The van der Waals surface area contributed by atoms with E-state index in [1.165, 1.54) is 5.56 Å². The van der Waals surface area contributed by atoms with Crippen LogP contribution in [-0.2, 0) is 17.6 Å². The Morgan fingerprint density at radius 1 is 0.867 bits per heavy atom. The Balaban J connectivity index is 2.13. The molecule has 2 rings (SSSR count). The van der Waals surface area contributed by atoms with E-state index in [0.717, 1.165) is 30.4 Å². The fraction of sp³-hybridized carbons (Fsp3) is 0.400. The highest BCUT2D eigenvalue weighted by Gasteiger charge is 2.16. The van der Waals surface area contributed by atoms with Gasteiger partial charge in [-0.2, -0.15) is 0 Å². The highest BCUT2D eigenvalue weighted by Crippen LogP contribution is 2.38. The monoisotopic (exact) mass is 412 g/mol. The van der Waals surface area contributed by atoms with Gasteiger partial charge in [-0.1, -0.05) is 42.8 Å². The van der Waals surface area contributed by atoms with Crippen LogP contribution in [0.4, 0.5) is 0 Å². The van der Waals surface area contributed by atoms with Gasteiger partial charge in [-0.05, 0) is 61.8 Å². The average molecular weight is 413 g/mol. The van der Waals surface area contributed by atoms with Crippen molar-refractivity contribution >= 4 is 5.97 Å². The summed E-state index contributed by atoms with van der Waals surface area (Å²) in [5, 5.41) is 9.79. The lowest BCUT2D eigenvalue weighted by atomic mass is 9.94. The summed E-state index contributed by atoms with van der Waals surface area (Å²) in [6.45, 7) is 2.02. The minimum absolute atomic E-state index is 0.542. The second-order valence-electron chi connectivity index (χ2n) is 7.11. The van der Waals surface area contributed by atoms with Crippen molar-refractivity contribution in [1.82, 2.24) is 0 Å². The van der Waals surface area contributed by atoms with Crippen molar-refractivity contribution in [3.05, 3.63) is 64.7 Å². The van der Waals surface area contributed by atoms with Crippen LogP contribution < -0.4 is 14.2 Å². The highest BCUT2D eigenvalue weighted by molar-refractivity contribution is 5.87. The third-order valence-electron chi connectivity index (χ3n) is 5.29. The Kier molecular flexibility index (Phi) is 9.26. The molecule has 0 unspecified atom stereocenters. The maximum absolute atomic E-state index is 11.9. The fourth-order valence-electron chi connectivity index (χ4n) is 3.66. The van der Waals surface area contributed by atoms with Crippen LogP contribution in [0.25, 0.3) is 0 Å². The number of aliphatic carboxylic acids is 1. The maximum atomic E-state index is 11.9. The highest BCUT2D eigenvalue weighted by atomic mass is 16.5. The van der Waals surface area contributed by atoms with Crippen LogP contribution in [0.5, 0.6) is 17.2 Å². The van der Waals surface area contributed by atoms with Crippen molar-refractivity contribution in [3.8, 4) is 17.2 Å². The van der Waals surface area contributed by atoms with E-state index in [4.69, 9.17) is 14.2 Å². The third kappa shape index (κ3) is 6.28. The summed E-state index contributed by atoms with van der Waals surface area (Å²) in [6, 6.07) is 14.0. The van der Waals surface area contributed by atoms with Gasteiger partial charge in [-0.3, -0.25) is 0 Å². The van der Waals surface area contributed by atoms with Gasteiger partial charge in [0.05, 0.1) is 21.3 Å². The molecular formula is C25H32O5. The molecule has 0 aliphatic rings. The van der Waals surface area contributed by atoms with Crippen LogP contribution in [0, 0.1) is 0 Å². The van der Waals surface area contributed by atoms with Crippen LogP contribution in [0.15, 0.2) is 53.6 Å². The first-order chi connectivity index (χ1) is 14.5. The molecule has 0 aliphatic carbocycles. The van der Waals surface area contributed by atoms with Crippen molar-refractivity contribution in [2.24, 2.45) is 0 Å². The van der Waals surface area contributed by atoms with E-state index in [9.17, 15) is 9.90 Å². The molecule has 0 aliphatic heterocycles. The predicted octanol–water partition coefficient (Wildman–Crippen LogP) is 5.46. The van der Waals surface area contributed by atoms with E-state index in [2.05, 4.69) is 12.1 Å². The van der Waals surface area contributed by atoms with E-state index in [1.807, 2.05) is 37.3 Å². The number of rotatable bonds is 12. The number of ether oxygens (including phenoxy) is 3. The van der Waals surface area contributed by atoms with Crippen LogP contribution >= 0.6 is 0 Å². The quantitative estimate of drug-likeness (QED) is 0.469. The average Bonchev–Trinajstić information content (AvgIpc) is 2.77. The second-order valence-corrected chi connectivity index (χ2v) is 7.11. The molecule has 0 bridgehead atoms. The van der Waals surface area contributed by atoms with Gasteiger partial charge in [0.1, 0.15) is 0 Å². The number of carboxylic acid groups (broad SMARTS) is 1. The standard InChI is InChI=1S/C25H32O5/c1-5-20(21(25(26)27)13-9-12-18-10-7-6-8-11-18)15-14-19-16-22(28-2)24(30-4)23(17-19)29-3/h6-8,10-11,16-17H,5,9,12-15H2,1-4H3,(H,26,27). The molecule has 0 saturated heterocycles. The first-order valence-corrected chi connectivity index (χ1v) is 10.3. The zero-order valence-electron chi connectivity index (χ0n) is 18.4. The van der Waals surface area contributed by atoms with Crippen LogP contribution in [0.3, 0.4) is 0 Å². The lowest BCUT2D eigenvalue weighted by Crippen LogP contribution is -2.07. The summed E-state index contributed by atoms with van der Waals surface area (Å²) < 4.78 is 16.2. The minimum atomic E-state index is -0.815. The molecule has 5 nitrogen and oxygen atoms in total. The first-order valence-electron chi connectivity index (χ1n) is 10.3. The normalized spacial score (nSPS) is 11.6. The third-order valence-corrected chi connectivity index (χ3v) is 5.29. The molecule has 162 valence electrons. The first kappa shape index (κ1) is 23.3. The minimum Gasteiger partial charge on any atom is -0.493 e. The number of methoxy groups -OCH3 is 3. The van der Waals surface area contributed by atoms with E-state index in [-0.39, 0.29) is 0 Å². The number of carboxylic acids is 1. The fourth-order valence-corrected chi connectivity index (χ4v) is 3.66. The Morgan fingerprint density at radius 2 is 1.50 bits per heavy atom. The van der Waals surface area contributed by atoms with Gasteiger partial charge >= 0.3 is 5.97 Å². The number of aryl methyl sites for hydroxylation is 2. The van der Waals surface area contributed by atoms with E-state index in [0.29, 0.717) is 42.1 Å². The van der Waals surface area contributed by atoms with Gasteiger partial charge in [0.15, 0.2) is 11.5 Å². The topological polar surface area (TPSA) is 65.0 Å². The Bertz CT molecular complexity index is 830. The molecule has 0 atom stereocenters. The zero-order chi connectivity index (χ0) is 21.9. The molecule has 2 aromatic rings. The van der Waals surface area contributed by atoms with Crippen LogP contribution in [0.2, 0.25) is 0 Å². The zero-order valence-corrected chi connectivity index (χ0v) is 18.4. The van der Waals surface area contributed by atoms with E-state index < -0.39 is 5.97 Å². The van der Waals surface area contributed by atoms with E-state index in [1.54, 1.807) is 21.3 Å². The molecule has 0 radical (unpaired) electrons. The smallest absolute Gasteiger partial charge is 0.331 e. The summed E-state index contributed by atoms with van der Waals surface area (Å²) in [7, 11) is 4.76. The molecular weight excluding hydrogens is 380 g/mol. The van der Waals surface area contributed by atoms with Crippen molar-refractivity contribution < 1.29 is 24.1 Å². The molecule has 0 saturated carbocycles. The summed E-state index contributed by atoms with van der Waals surface area (Å²) in [5.41, 5.74) is 3.78. The Hall–Kier alpha value is -2.95. The lowest BCUT2D eigenvalue weighted by molar-refractivity contribution is -0.132. The van der Waals surface area contributed by atoms with Gasteiger partial charge in [-0.25, -0.2) is 4.79 Å². The summed E-state index contributed by atoms with van der Waals surface area (Å²) in [4.78, 5) is 11.9. The molecule has 30 heavy (non-hydrogen) atoms. The van der Waals surface area contributed by atoms with Crippen LogP contribution in [0.1, 0.15) is 43.7 Å². The molecule has 0 amide bonds. The van der Waals surface area contributed by atoms with Crippen molar-refractivity contribution in [1.29, 1.82) is 0 Å². The Morgan fingerprint density at radius 3 is 2.00 bits per heavy atom. The van der Waals surface area contributed by atoms with Gasteiger partial charge in [0.25, 0.3) is 0 Å². The van der Waals surface area contributed by atoms with Gasteiger partial charge in [-0.15, -0.1) is 0 Å². The number of allylic oxidation sites excluding steroid dienone is 1. The molecule has 0 heterocycles. The summed E-state index contributed by atoms with van der Waals surface area (Å²) >= 11 is 0. The molecule has 2 aromatic carbocycles. The second kappa shape index (κ2) is 11.9. The van der Waals surface area contributed by atoms with Crippen molar-refractivity contribution in [2.45, 2.75) is 45.4 Å². The maximum Gasteiger partial charge on any atom is 0.331 e. The number of hydrogen-bond acceptors (Lipinski definition) is 4. The molecule has 0 fully saturated rings.